The molecule has 2 nitrogen and oxygen atoms in total. The van der Waals surface area contributed by atoms with E-state index in [1.165, 1.54) is 11.3 Å². The summed E-state index contributed by atoms with van der Waals surface area (Å²) in [7, 11) is 0. The molecule has 0 fully saturated rings. The van der Waals surface area contributed by atoms with Crippen LogP contribution in [0.15, 0.2) is 34.5 Å². The third-order valence-corrected chi connectivity index (χ3v) is 2.24. The molecule has 0 atom stereocenters. The summed E-state index contributed by atoms with van der Waals surface area (Å²) in [5, 5.41) is 2.04. The molecule has 0 saturated heterocycles. The van der Waals surface area contributed by atoms with Crippen LogP contribution >= 0.6 is 11.3 Å². The maximum atomic E-state index is 5.04. The van der Waals surface area contributed by atoms with Gasteiger partial charge in [-0.15, -0.1) is 11.3 Å². The van der Waals surface area contributed by atoms with Crippen LogP contribution in [0.1, 0.15) is 10.6 Å². The van der Waals surface area contributed by atoms with E-state index >= 15 is 0 Å². The Balaban J connectivity index is 2.14. The molecule has 0 aromatic carbocycles. The van der Waals surface area contributed by atoms with Crippen molar-refractivity contribution < 1.29 is 4.42 Å². The maximum absolute atomic E-state index is 5.04. The molecular formula is C9H7NOS. The molecule has 0 unspecified atom stereocenters. The monoisotopic (exact) mass is 177 g/mol. The molecule has 2 aromatic heterocycles. The van der Waals surface area contributed by atoms with Crippen LogP contribution in [0.2, 0.25) is 0 Å². The summed E-state index contributed by atoms with van der Waals surface area (Å²) in [4.78, 5) is 5.02. The second-order valence-electron chi connectivity index (χ2n) is 2.25. The molecule has 0 N–H and O–H groups in total. The molecule has 12 heavy (non-hydrogen) atoms. The topological polar surface area (TPSA) is 26.0 Å². The Labute approximate surface area is 74.2 Å². The van der Waals surface area contributed by atoms with Gasteiger partial charge in [0.05, 0.1) is 6.20 Å². The highest BCUT2D eigenvalue weighted by Gasteiger charge is 1.89. The van der Waals surface area contributed by atoms with Crippen molar-refractivity contribution in [2.75, 3.05) is 0 Å². The minimum Gasteiger partial charge on any atom is -0.444 e. The highest BCUT2D eigenvalue weighted by atomic mass is 32.1. The Morgan fingerprint density at radius 2 is 2.42 bits per heavy atom. The quantitative estimate of drug-likeness (QED) is 0.705. The zero-order chi connectivity index (χ0) is 8.23. The lowest BCUT2D eigenvalue weighted by Crippen LogP contribution is -1.60. The van der Waals surface area contributed by atoms with Crippen molar-refractivity contribution in [1.29, 1.82) is 0 Å². The number of nitrogens with zero attached hydrogens (tertiary/aromatic N) is 1. The SMILES string of the molecule is C(=C\c1cccs1)/c1cnco1. The molecule has 0 saturated carbocycles. The Morgan fingerprint density at radius 3 is 3.08 bits per heavy atom. The van der Waals surface area contributed by atoms with Gasteiger partial charge in [-0.25, -0.2) is 4.98 Å². The van der Waals surface area contributed by atoms with Crippen LogP contribution in [0.4, 0.5) is 0 Å². The fourth-order valence-electron chi connectivity index (χ4n) is 0.858. The summed E-state index contributed by atoms with van der Waals surface area (Å²) in [6.45, 7) is 0. The zero-order valence-electron chi connectivity index (χ0n) is 6.31. The summed E-state index contributed by atoms with van der Waals surface area (Å²) in [6, 6.07) is 4.07. The molecular weight excluding hydrogens is 170 g/mol. The molecule has 2 aromatic rings. The van der Waals surface area contributed by atoms with Gasteiger partial charge in [0.2, 0.25) is 0 Å². The van der Waals surface area contributed by atoms with Crippen molar-refractivity contribution in [2.45, 2.75) is 0 Å². The van der Waals surface area contributed by atoms with Gasteiger partial charge in [-0.1, -0.05) is 6.07 Å². The summed E-state index contributed by atoms with van der Waals surface area (Å²) < 4.78 is 5.04. The first-order valence-electron chi connectivity index (χ1n) is 3.55. The standard InChI is InChI=1S/C9H7NOS/c1-2-9(12-5-1)4-3-8-6-10-7-11-8/h1-7H/b4-3+. The van der Waals surface area contributed by atoms with Gasteiger partial charge in [-0.3, -0.25) is 0 Å². The van der Waals surface area contributed by atoms with Crippen LogP contribution in [-0.4, -0.2) is 4.98 Å². The minimum atomic E-state index is 0.781. The largest absolute Gasteiger partial charge is 0.444 e. The van der Waals surface area contributed by atoms with Gasteiger partial charge in [-0.2, -0.15) is 0 Å². The van der Waals surface area contributed by atoms with Gasteiger partial charge >= 0.3 is 0 Å². The Bertz CT molecular complexity index is 312. The molecule has 0 radical (unpaired) electrons. The number of hydrogen-bond acceptors (Lipinski definition) is 3. The minimum absolute atomic E-state index is 0.781. The van der Waals surface area contributed by atoms with Gasteiger partial charge in [0.25, 0.3) is 0 Å². The smallest absolute Gasteiger partial charge is 0.181 e. The Morgan fingerprint density at radius 1 is 1.42 bits per heavy atom. The highest BCUT2D eigenvalue weighted by Crippen LogP contribution is 2.12. The molecule has 0 bridgehead atoms. The lowest BCUT2D eigenvalue weighted by molar-refractivity contribution is 0.548. The van der Waals surface area contributed by atoms with Gasteiger partial charge in [0.1, 0.15) is 5.76 Å². The van der Waals surface area contributed by atoms with Crippen LogP contribution in [0, 0.1) is 0 Å². The van der Waals surface area contributed by atoms with E-state index in [0.717, 1.165) is 5.76 Å². The predicted octanol–water partition coefficient (Wildman–Crippen LogP) is 2.91. The van der Waals surface area contributed by atoms with E-state index in [0.29, 0.717) is 0 Å². The molecule has 2 heterocycles. The predicted molar refractivity (Wildman–Crippen MR) is 49.8 cm³/mol. The van der Waals surface area contributed by atoms with E-state index in [-0.39, 0.29) is 0 Å². The molecule has 2 rings (SSSR count). The summed E-state index contributed by atoms with van der Waals surface area (Å²) in [6.07, 6.45) is 7.02. The first-order chi connectivity index (χ1) is 5.95. The first-order valence-corrected chi connectivity index (χ1v) is 4.43. The molecule has 0 aliphatic carbocycles. The Hall–Kier alpha value is -1.35. The fraction of sp³-hybridized carbons (Fsp3) is 0. The van der Waals surface area contributed by atoms with E-state index in [1.807, 2.05) is 23.6 Å². The molecule has 0 amide bonds. The third kappa shape index (κ3) is 1.62. The summed E-state index contributed by atoms with van der Waals surface area (Å²) in [5.41, 5.74) is 0. The molecule has 0 spiro atoms. The number of rotatable bonds is 2. The molecule has 0 aliphatic heterocycles. The van der Waals surface area contributed by atoms with Crippen molar-refractivity contribution in [3.8, 4) is 0 Å². The van der Waals surface area contributed by atoms with Gasteiger partial charge in [0, 0.05) is 4.88 Å². The molecule has 60 valence electrons. The summed E-state index contributed by atoms with van der Waals surface area (Å²) >= 11 is 1.70. The van der Waals surface area contributed by atoms with E-state index < -0.39 is 0 Å². The molecule has 0 aliphatic rings. The first kappa shape index (κ1) is 7.31. The second kappa shape index (κ2) is 3.36. The lowest BCUT2D eigenvalue weighted by atomic mass is 10.4. The van der Waals surface area contributed by atoms with Gasteiger partial charge in [0.15, 0.2) is 6.39 Å². The number of aromatic nitrogens is 1. The van der Waals surface area contributed by atoms with E-state index in [2.05, 4.69) is 11.1 Å². The fourth-order valence-corrected chi connectivity index (χ4v) is 1.48. The van der Waals surface area contributed by atoms with Crippen LogP contribution < -0.4 is 0 Å². The van der Waals surface area contributed by atoms with Crippen LogP contribution in [0.25, 0.3) is 12.2 Å². The maximum Gasteiger partial charge on any atom is 0.181 e. The number of oxazole rings is 1. The normalized spacial score (nSPS) is 11.0. The number of thiophene rings is 1. The third-order valence-electron chi connectivity index (χ3n) is 1.41. The Kier molecular flexibility index (Phi) is 2.05. The van der Waals surface area contributed by atoms with Crippen molar-refractivity contribution in [3.63, 3.8) is 0 Å². The van der Waals surface area contributed by atoms with E-state index in [4.69, 9.17) is 4.42 Å². The van der Waals surface area contributed by atoms with E-state index in [9.17, 15) is 0 Å². The number of hydrogen-bond donors (Lipinski definition) is 0. The average molecular weight is 177 g/mol. The zero-order valence-corrected chi connectivity index (χ0v) is 7.12. The van der Waals surface area contributed by atoms with E-state index in [1.54, 1.807) is 17.5 Å². The molecule has 3 heteroatoms. The van der Waals surface area contributed by atoms with Crippen molar-refractivity contribution in [2.24, 2.45) is 0 Å². The van der Waals surface area contributed by atoms with Gasteiger partial charge < -0.3 is 4.42 Å². The van der Waals surface area contributed by atoms with Crippen molar-refractivity contribution >= 4 is 23.5 Å². The van der Waals surface area contributed by atoms with Crippen molar-refractivity contribution in [1.82, 2.24) is 4.98 Å². The summed E-state index contributed by atoms with van der Waals surface area (Å²) in [5.74, 6) is 0.781. The van der Waals surface area contributed by atoms with Crippen LogP contribution in [0.5, 0.6) is 0 Å². The van der Waals surface area contributed by atoms with Gasteiger partial charge in [-0.05, 0) is 23.6 Å². The highest BCUT2D eigenvalue weighted by molar-refractivity contribution is 7.10. The van der Waals surface area contributed by atoms with Crippen molar-refractivity contribution in [3.05, 3.63) is 40.7 Å². The lowest BCUT2D eigenvalue weighted by Gasteiger charge is -1.81. The average Bonchev–Trinajstić information content (AvgIpc) is 2.74. The van der Waals surface area contributed by atoms with Crippen LogP contribution in [0.3, 0.4) is 0 Å². The second-order valence-corrected chi connectivity index (χ2v) is 3.23. The van der Waals surface area contributed by atoms with Crippen LogP contribution in [-0.2, 0) is 0 Å².